The number of methoxy groups -OCH3 is 20. The number of hydrogen-bond donors (Lipinski definition) is 0. The van der Waals surface area contributed by atoms with E-state index < -0.39 is 222 Å². The molecule has 3 aromatic carbocycles. The van der Waals surface area contributed by atoms with Gasteiger partial charge in [-0.2, -0.15) is 0 Å². The van der Waals surface area contributed by atoms with E-state index in [1.807, 2.05) is 81.8 Å². The van der Waals surface area contributed by atoms with Crippen molar-refractivity contribution in [2.45, 2.75) is 215 Å². The Balaban J connectivity index is 0.817. The summed E-state index contributed by atoms with van der Waals surface area (Å²) in [5.41, 5.74) is 2.65. The maximum atomic E-state index is 7.70. The Morgan fingerprint density at radius 3 is 0.703 bits per heavy atom. The van der Waals surface area contributed by atoms with Gasteiger partial charge in [0.25, 0.3) is 0 Å². The van der Waals surface area contributed by atoms with Crippen LogP contribution in [-0.4, -0.2) is 431 Å². The van der Waals surface area contributed by atoms with Crippen molar-refractivity contribution in [1.82, 2.24) is 8.96 Å². The van der Waals surface area contributed by atoms with Gasteiger partial charge >= 0.3 is 7.19 Å². The smallest absolute Gasteiger partial charge is 0.394 e. The van der Waals surface area contributed by atoms with Crippen LogP contribution in [0.4, 0.5) is 11.6 Å². The van der Waals surface area contributed by atoms with Crippen molar-refractivity contribution in [3.05, 3.63) is 94.9 Å². The van der Waals surface area contributed by atoms with Gasteiger partial charge in [-0.15, -0.1) is 0 Å². The highest BCUT2D eigenvalue weighted by atomic mass is 16.8. The number of benzene rings is 3. The van der Waals surface area contributed by atoms with Gasteiger partial charge < -0.3 is 175 Å². The molecule has 42 heteroatoms. The predicted molar refractivity (Wildman–Crippen MR) is 445 cm³/mol. The standard InChI is InChI=1S/C86H121BN6O35/c1-94-33-46-53-60(100-7)68(108-15)81(116-46)124-55-48(35-96-3)118-83(70(110-17)62(55)102-9)126-57-50(37-98-5)120-85(72(112-19)64(57)104-11)128-59-52(39-114-87-92-76-42-29-23-25-31-44(42)78(92)91-79-45-32-26-24-30-43(45)77(93(79)87)90-75-41-28-22-21-27-40(41)74(88-75)89-76)121-86(73(113-20)66(59)106-13)127-58-51(38-99-6)119-84(71(111-18)65(58)105-12)125-56-49(36-97-4)117-82(69(109-16)63(56)103-10)123-54-47(34-95-2)115-80(122-53)67(107-14)61(54)101-8/h21-32,46-73,80-86H,33-39H2,1-20H3/t46-,47-,48-,49-,50-,51-,52-,53-,54-,55-,56-,57-,58-,59-,60+,61+,62+,63+,64+,65+,66+,67-,68-,69-,70-,71-,72-,73-,80-,81-,82-,83-,84-,85-,86-/m1/s1. The second kappa shape index (κ2) is 42.9. The molecular weight excluding hydrogens is 1690 g/mol. The lowest BCUT2D eigenvalue weighted by atomic mass is 9.94. The molecule has 35 atom stereocenters. The largest absolute Gasteiger partial charge is 0.562 e. The van der Waals surface area contributed by atoms with Crippen LogP contribution in [0.1, 0.15) is 11.1 Å². The van der Waals surface area contributed by atoms with Crippen LogP contribution < -0.4 is 11.0 Å². The van der Waals surface area contributed by atoms with Crippen molar-refractivity contribution >= 4 is 52.0 Å². The Morgan fingerprint density at radius 2 is 0.453 bits per heavy atom. The summed E-state index contributed by atoms with van der Waals surface area (Å²) in [5, 5.41) is 3.15. The van der Waals surface area contributed by atoms with E-state index in [1.54, 1.807) is 0 Å². The molecule has 0 spiro atoms. The van der Waals surface area contributed by atoms with Gasteiger partial charge in [0.05, 0.1) is 46.2 Å². The first kappa shape index (κ1) is 95.5. The molecule has 21 saturated heterocycles. The number of ether oxygens (including phenoxy) is 34. The van der Waals surface area contributed by atoms with E-state index in [0.717, 1.165) is 32.7 Å². The van der Waals surface area contributed by atoms with E-state index in [1.165, 1.54) is 142 Å². The molecule has 708 valence electrons. The number of nitrogens with zero attached hydrogens (tertiary/aromatic N) is 6. The Morgan fingerprint density at radius 1 is 0.234 bits per heavy atom. The van der Waals surface area contributed by atoms with Crippen molar-refractivity contribution in [2.24, 2.45) is 20.0 Å². The molecule has 21 fully saturated rings. The summed E-state index contributed by atoms with van der Waals surface area (Å²) in [6, 6.07) is 23.8. The second-order valence-electron chi connectivity index (χ2n) is 32.5. The van der Waals surface area contributed by atoms with Gasteiger partial charge in [0.15, 0.2) is 55.7 Å². The molecule has 0 unspecified atom stereocenters. The SMILES string of the molecule is COC[C@H]1O[C@@H]2O[C@H]3[C@H](OC)[C@@H](OC)[C@@H](O[C@H]4[C@H](OC)[C@@H](OC)[C@@H](O[C@H]5[C@H](OC)[C@@H](OC)[C@@H](O[C@H]6[C@H](OC)[C@@H](OC)[C@@H](O[C@H]7[C@H](OC)[C@@H](OC)[C@@H](O[C@H]8[C@H](OC)[C@@H](OC)[C@@H](O[C@H]1[C@H](OC)[C@H]2OC)O[C@@H]8COC)O[C@@H]7COC)O[C@@H]6COC)O[C@@H]5COB1n2c5c6ccccc6c2N=c2c6ccccc6c(n21)=NC1=NC(=N5)c2ccccc21)O[C@@H]4COC)O[C@@H]3COC. The maximum absolute atomic E-state index is 7.70. The third-order valence-corrected chi connectivity index (χ3v) is 25.8. The maximum Gasteiger partial charge on any atom is 0.562 e. The molecule has 18 bridgehead atoms. The minimum absolute atomic E-state index is 0.0629. The molecule has 41 nitrogen and oxygen atoms in total. The van der Waals surface area contributed by atoms with Crippen LogP contribution in [0.25, 0.3) is 21.5 Å². The van der Waals surface area contributed by atoms with Crippen molar-refractivity contribution in [3.8, 4) is 0 Å². The quantitative estimate of drug-likeness (QED) is 0.0614. The first-order chi connectivity index (χ1) is 62.6. The van der Waals surface area contributed by atoms with Gasteiger partial charge in [0.1, 0.15) is 194 Å². The molecular formula is C86H121BN6O35. The third kappa shape index (κ3) is 17.8. The molecule has 26 heterocycles. The first-order valence-corrected chi connectivity index (χ1v) is 42.7. The monoisotopic (exact) mass is 1810 g/mol. The lowest BCUT2D eigenvalue weighted by molar-refractivity contribution is -0.402. The Hall–Kier alpha value is -5.66. The number of aliphatic imine (C=N–C) groups is 2. The van der Waals surface area contributed by atoms with Gasteiger partial charge in [0.2, 0.25) is 0 Å². The fourth-order valence-corrected chi connectivity index (χ4v) is 20.0. The topological polar surface area (TPSA) is 382 Å². The average molecular weight is 1810 g/mol. The molecule has 128 heavy (non-hydrogen) atoms. The van der Waals surface area contributed by atoms with Gasteiger partial charge in [-0.3, -0.25) is 0 Å². The molecule has 5 aromatic rings. The van der Waals surface area contributed by atoms with Crippen molar-refractivity contribution < 1.29 is 166 Å². The average Bonchev–Trinajstić information content (AvgIpc) is 1.55. The zero-order valence-corrected chi connectivity index (χ0v) is 75.6. The van der Waals surface area contributed by atoms with Crippen LogP contribution in [0.15, 0.2) is 92.8 Å². The van der Waals surface area contributed by atoms with Crippen LogP contribution >= 0.6 is 0 Å². The van der Waals surface area contributed by atoms with Crippen LogP contribution in [0.5, 0.6) is 0 Å². The molecule has 0 radical (unpaired) electrons. The van der Waals surface area contributed by atoms with Gasteiger partial charge in [-0.1, -0.05) is 72.8 Å². The molecule has 29 rings (SSSR count). The summed E-state index contributed by atoms with van der Waals surface area (Å²) in [5.74, 6) is 1.96. The number of amidine groups is 2. The minimum atomic E-state index is -1.42. The molecule has 24 aliphatic rings. The number of aromatic nitrogens is 2. The van der Waals surface area contributed by atoms with E-state index in [-0.39, 0.29) is 46.2 Å². The summed E-state index contributed by atoms with van der Waals surface area (Å²) >= 11 is 0. The molecule has 0 N–H and O–H groups in total. The molecule has 24 aliphatic heterocycles. The fraction of sp³-hybridized carbons (Fsp3) is 0.721. The lowest BCUT2D eigenvalue weighted by Crippen LogP contribution is -2.69. The van der Waals surface area contributed by atoms with E-state index in [0.29, 0.717) is 34.3 Å². The Kier molecular flexibility index (Phi) is 32.0. The fourth-order valence-electron chi connectivity index (χ4n) is 20.0. The third-order valence-electron chi connectivity index (χ3n) is 25.8. The first-order valence-electron chi connectivity index (χ1n) is 42.7. The Labute approximate surface area is 741 Å². The van der Waals surface area contributed by atoms with Crippen molar-refractivity contribution in [1.29, 1.82) is 0 Å². The Bertz CT molecular complexity index is 4640. The highest BCUT2D eigenvalue weighted by Gasteiger charge is 2.63. The molecule has 0 saturated carbocycles. The van der Waals surface area contributed by atoms with Crippen LogP contribution in [0.3, 0.4) is 0 Å². The minimum Gasteiger partial charge on any atom is -0.394 e. The zero-order valence-electron chi connectivity index (χ0n) is 75.6. The number of fused-ring (bicyclic) bond motifs is 10. The van der Waals surface area contributed by atoms with Gasteiger partial charge in [-0.05, 0) is 0 Å². The van der Waals surface area contributed by atoms with Crippen molar-refractivity contribution in [3.63, 3.8) is 0 Å². The normalized spacial score (nSPS) is 39.0. The van der Waals surface area contributed by atoms with E-state index >= 15 is 0 Å². The summed E-state index contributed by atoms with van der Waals surface area (Å²) in [6.07, 6.45) is -39.2. The van der Waals surface area contributed by atoms with E-state index in [2.05, 4.69) is 0 Å². The highest BCUT2D eigenvalue weighted by Crippen LogP contribution is 2.46. The molecule has 0 aliphatic carbocycles. The predicted octanol–water partition coefficient (Wildman–Crippen LogP) is 1.60. The zero-order chi connectivity index (χ0) is 89.9. The second-order valence-corrected chi connectivity index (χ2v) is 32.5. The number of rotatable bonds is 29. The summed E-state index contributed by atoms with van der Waals surface area (Å²) in [7, 11) is 29.2. The summed E-state index contributed by atoms with van der Waals surface area (Å²) in [6.45, 7) is -0.830. The van der Waals surface area contributed by atoms with E-state index in [9.17, 15) is 0 Å². The molecule has 2 aromatic heterocycles. The van der Waals surface area contributed by atoms with Gasteiger partial charge in [0, 0.05) is 175 Å². The summed E-state index contributed by atoms with van der Waals surface area (Å²) < 4.78 is 239. The lowest BCUT2D eigenvalue weighted by Gasteiger charge is -2.52. The van der Waals surface area contributed by atoms with Crippen LogP contribution in [-0.2, 0) is 166 Å². The molecule has 0 amide bonds. The number of hydrogen-bond acceptors (Lipinski definition) is 39. The van der Waals surface area contributed by atoms with E-state index in [4.69, 9.17) is 186 Å². The van der Waals surface area contributed by atoms with Crippen LogP contribution in [0.2, 0.25) is 0 Å². The van der Waals surface area contributed by atoms with Crippen molar-refractivity contribution in [2.75, 3.05) is 188 Å². The van der Waals surface area contributed by atoms with Gasteiger partial charge in [-0.25, -0.2) is 20.0 Å². The highest BCUT2D eigenvalue weighted by molar-refractivity contribution is 6.51. The van der Waals surface area contributed by atoms with Crippen LogP contribution in [0, 0.1) is 0 Å². The summed E-state index contributed by atoms with van der Waals surface area (Å²) in [4.78, 5) is 21.6.